The van der Waals surface area contributed by atoms with Gasteiger partial charge in [0.25, 0.3) is 10.0 Å². The fraction of sp³-hybridized carbons (Fsp3) is 0.182. The molecule has 0 fully saturated rings. The van der Waals surface area contributed by atoms with Gasteiger partial charge in [0.05, 0.1) is 16.9 Å². The second-order valence-corrected chi connectivity index (χ2v) is 6.11. The van der Waals surface area contributed by atoms with Gasteiger partial charge in [0.1, 0.15) is 0 Å². The minimum Gasteiger partial charge on any atom is -0.399 e. The van der Waals surface area contributed by atoms with E-state index in [1.54, 1.807) is 25.1 Å². The van der Waals surface area contributed by atoms with Crippen LogP contribution in [0.5, 0.6) is 0 Å². The van der Waals surface area contributed by atoms with Gasteiger partial charge in [0, 0.05) is 12.7 Å². The van der Waals surface area contributed by atoms with Crippen molar-refractivity contribution >= 4 is 33.0 Å². The summed E-state index contributed by atoms with van der Waals surface area (Å²) < 4.78 is 28.2. The highest BCUT2D eigenvalue weighted by atomic mass is 35.5. The van der Waals surface area contributed by atoms with Gasteiger partial charge in [-0.25, -0.2) is 0 Å². The molecule has 0 radical (unpaired) electrons. The van der Waals surface area contributed by atoms with Gasteiger partial charge < -0.3 is 5.73 Å². The van der Waals surface area contributed by atoms with Crippen LogP contribution < -0.4 is 10.5 Å². The molecule has 0 aliphatic rings. The standard InChI is InChI=1S/C11H13ClN4O2S/c1-7-5-8(13)3-4-10(7)15-19(17,18)11-9(12)6-14-16(11)2/h3-6,15H,13H2,1-2H3. The van der Waals surface area contributed by atoms with E-state index in [1.165, 1.54) is 17.9 Å². The zero-order valence-corrected chi connectivity index (χ0v) is 12.0. The summed E-state index contributed by atoms with van der Waals surface area (Å²) in [5.74, 6) is 0. The number of halogens is 1. The van der Waals surface area contributed by atoms with Gasteiger partial charge in [0.2, 0.25) is 0 Å². The molecule has 0 aliphatic carbocycles. The highest BCUT2D eigenvalue weighted by Gasteiger charge is 2.23. The second-order valence-electron chi connectivity index (χ2n) is 4.10. The average Bonchev–Trinajstić information content (AvgIpc) is 2.63. The van der Waals surface area contributed by atoms with Gasteiger partial charge in [-0.1, -0.05) is 11.6 Å². The summed E-state index contributed by atoms with van der Waals surface area (Å²) in [5.41, 5.74) is 7.36. The van der Waals surface area contributed by atoms with Crippen molar-refractivity contribution in [3.05, 3.63) is 35.0 Å². The molecule has 0 unspecified atom stereocenters. The van der Waals surface area contributed by atoms with Gasteiger partial charge >= 0.3 is 0 Å². The van der Waals surface area contributed by atoms with Crippen LogP contribution in [0.25, 0.3) is 0 Å². The lowest BCUT2D eigenvalue weighted by Gasteiger charge is -2.11. The van der Waals surface area contributed by atoms with Crippen molar-refractivity contribution in [3.8, 4) is 0 Å². The molecular formula is C11H13ClN4O2S. The third-order valence-electron chi connectivity index (χ3n) is 2.59. The number of anilines is 2. The Bertz CT molecular complexity index is 705. The molecule has 0 bridgehead atoms. The van der Waals surface area contributed by atoms with Crippen molar-refractivity contribution in [3.63, 3.8) is 0 Å². The summed E-state index contributed by atoms with van der Waals surface area (Å²) in [7, 11) is -2.28. The molecule has 0 spiro atoms. The summed E-state index contributed by atoms with van der Waals surface area (Å²) in [6, 6.07) is 4.91. The lowest BCUT2D eigenvalue weighted by atomic mass is 10.2. The van der Waals surface area contributed by atoms with E-state index in [2.05, 4.69) is 9.82 Å². The molecular weight excluding hydrogens is 288 g/mol. The third kappa shape index (κ3) is 2.66. The van der Waals surface area contributed by atoms with Gasteiger partial charge in [-0.15, -0.1) is 0 Å². The molecule has 8 heteroatoms. The minimum absolute atomic E-state index is 0.0723. The molecule has 1 aromatic heterocycles. The van der Waals surface area contributed by atoms with Gasteiger partial charge in [-0.3, -0.25) is 9.40 Å². The van der Waals surface area contributed by atoms with Crippen LogP contribution in [-0.4, -0.2) is 18.2 Å². The van der Waals surface area contributed by atoms with Crippen LogP contribution in [0.15, 0.2) is 29.4 Å². The van der Waals surface area contributed by atoms with Gasteiger partial charge in [-0.05, 0) is 30.7 Å². The zero-order valence-electron chi connectivity index (χ0n) is 10.4. The van der Waals surface area contributed by atoms with Crippen molar-refractivity contribution in [1.29, 1.82) is 0 Å². The molecule has 3 N–H and O–H groups in total. The topological polar surface area (TPSA) is 90.0 Å². The predicted molar refractivity (Wildman–Crippen MR) is 74.6 cm³/mol. The smallest absolute Gasteiger partial charge is 0.280 e. The van der Waals surface area contributed by atoms with E-state index in [4.69, 9.17) is 17.3 Å². The Morgan fingerprint density at radius 3 is 2.63 bits per heavy atom. The van der Waals surface area contributed by atoms with E-state index in [9.17, 15) is 8.42 Å². The van der Waals surface area contributed by atoms with Crippen molar-refractivity contribution in [2.45, 2.75) is 11.9 Å². The maximum absolute atomic E-state index is 12.3. The van der Waals surface area contributed by atoms with Crippen LogP contribution in [0, 0.1) is 6.92 Å². The van der Waals surface area contributed by atoms with Crippen molar-refractivity contribution in [2.24, 2.45) is 7.05 Å². The number of benzene rings is 1. The number of aromatic nitrogens is 2. The highest BCUT2D eigenvalue weighted by molar-refractivity contribution is 7.92. The van der Waals surface area contributed by atoms with E-state index in [0.29, 0.717) is 11.4 Å². The summed E-state index contributed by atoms with van der Waals surface area (Å²) in [4.78, 5) is 0. The third-order valence-corrected chi connectivity index (χ3v) is 4.46. The lowest BCUT2D eigenvalue weighted by molar-refractivity contribution is 0.582. The number of nitrogens with two attached hydrogens (primary N) is 1. The molecule has 2 rings (SSSR count). The van der Waals surface area contributed by atoms with Crippen LogP contribution in [-0.2, 0) is 17.1 Å². The summed E-state index contributed by atoms with van der Waals surface area (Å²) in [5, 5.41) is 3.80. The van der Waals surface area contributed by atoms with Crippen LogP contribution in [0.2, 0.25) is 5.02 Å². The minimum atomic E-state index is -3.79. The molecule has 0 aliphatic heterocycles. The van der Waals surface area contributed by atoms with Crippen LogP contribution in [0.4, 0.5) is 11.4 Å². The Balaban J connectivity index is 2.42. The molecule has 6 nitrogen and oxygen atoms in total. The fourth-order valence-electron chi connectivity index (χ4n) is 1.70. The Hall–Kier alpha value is -1.73. The van der Waals surface area contributed by atoms with E-state index in [1.807, 2.05) is 0 Å². The molecule has 102 valence electrons. The number of rotatable bonds is 3. The number of sulfonamides is 1. The van der Waals surface area contributed by atoms with Gasteiger partial charge in [-0.2, -0.15) is 13.5 Å². The summed E-state index contributed by atoms with van der Waals surface area (Å²) in [6.07, 6.45) is 1.28. The first-order valence-corrected chi connectivity index (χ1v) is 7.24. The second kappa shape index (κ2) is 4.75. The lowest BCUT2D eigenvalue weighted by Crippen LogP contribution is -2.17. The maximum Gasteiger partial charge on any atom is 0.280 e. The first kappa shape index (κ1) is 13.7. The molecule has 2 aromatic rings. The number of nitrogens with zero attached hydrogens (tertiary/aromatic N) is 2. The fourth-order valence-corrected chi connectivity index (χ4v) is 3.49. The predicted octanol–water partition coefficient (Wildman–Crippen LogP) is 1.76. The van der Waals surface area contributed by atoms with E-state index >= 15 is 0 Å². The molecule has 0 atom stereocenters. The van der Waals surface area contributed by atoms with Crippen LogP contribution in [0.1, 0.15) is 5.56 Å². The molecule has 19 heavy (non-hydrogen) atoms. The van der Waals surface area contributed by atoms with E-state index in [-0.39, 0.29) is 10.0 Å². The first-order chi connectivity index (χ1) is 8.81. The van der Waals surface area contributed by atoms with Crippen molar-refractivity contribution in [2.75, 3.05) is 10.5 Å². The number of aryl methyl sites for hydroxylation is 2. The Morgan fingerprint density at radius 1 is 1.42 bits per heavy atom. The number of nitrogens with one attached hydrogen (secondary N) is 1. The highest BCUT2D eigenvalue weighted by Crippen LogP contribution is 2.25. The normalized spacial score (nSPS) is 11.5. The zero-order chi connectivity index (χ0) is 14.2. The average molecular weight is 301 g/mol. The Morgan fingerprint density at radius 2 is 2.11 bits per heavy atom. The summed E-state index contributed by atoms with van der Waals surface area (Å²) >= 11 is 5.84. The van der Waals surface area contributed by atoms with E-state index < -0.39 is 10.0 Å². The molecule has 0 saturated heterocycles. The van der Waals surface area contributed by atoms with Gasteiger partial charge in [0.15, 0.2) is 5.03 Å². The Labute approximate surface area is 116 Å². The monoisotopic (exact) mass is 300 g/mol. The summed E-state index contributed by atoms with van der Waals surface area (Å²) in [6.45, 7) is 1.76. The number of nitrogen functional groups attached to an aromatic ring is 1. The largest absolute Gasteiger partial charge is 0.399 e. The quantitative estimate of drug-likeness (QED) is 0.845. The molecule has 0 amide bonds. The maximum atomic E-state index is 12.3. The first-order valence-electron chi connectivity index (χ1n) is 5.37. The van der Waals surface area contributed by atoms with Crippen LogP contribution >= 0.6 is 11.6 Å². The Kier molecular flexibility index (Phi) is 3.42. The SMILES string of the molecule is Cc1cc(N)ccc1NS(=O)(=O)c1c(Cl)cnn1C. The van der Waals surface area contributed by atoms with Crippen molar-refractivity contribution in [1.82, 2.24) is 9.78 Å². The molecule has 1 aromatic carbocycles. The molecule has 0 saturated carbocycles. The van der Waals surface area contributed by atoms with Crippen LogP contribution in [0.3, 0.4) is 0 Å². The van der Waals surface area contributed by atoms with E-state index in [0.717, 1.165) is 5.56 Å². The molecule has 1 heterocycles. The number of hydrogen-bond donors (Lipinski definition) is 2. The van der Waals surface area contributed by atoms with Crippen molar-refractivity contribution < 1.29 is 8.42 Å². The number of hydrogen-bond acceptors (Lipinski definition) is 4.